The Morgan fingerprint density at radius 2 is 1.64 bits per heavy atom. The van der Waals surface area contributed by atoms with Crippen molar-refractivity contribution in [3.05, 3.63) is 35.4 Å². The Labute approximate surface area is 133 Å². The monoisotopic (exact) mass is 322 g/mol. The lowest BCUT2D eigenvalue weighted by Crippen LogP contribution is -2.30. The van der Waals surface area contributed by atoms with Crippen LogP contribution >= 0.6 is 0 Å². The van der Waals surface area contributed by atoms with E-state index in [0.29, 0.717) is 12.2 Å². The van der Waals surface area contributed by atoms with E-state index in [9.17, 15) is 9.59 Å². The zero-order chi connectivity index (χ0) is 17.0. The fourth-order valence-electron chi connectivity index (χ4n) is 1.93. The van der Waals surface area contributed by atoms with Gasteiger partial charge in [0.25, 0.3) is 0 Å². The molecule has 0 saturated carbocycles. The van der Waals surface area contributed by atoms with Gasteiger partial charge in [-0.1, -0.05) is 31.8 Å². The number of benzene rings is 1. The van der Waals surface area contributed by atoms with E-state index in [4.69, 9.17) is 9.47 Å². The van der Waals surface area contributed by atoms with E-state index in [1.165, 1.54) is 7.11 Å². The summed E-state index contributed by atoms with van der Waals surface area (Å²) in [5.74, 6) is -0.626. The smallest absolute Gasteiger partial charge is 0.338 e. The average Bonchev–Trinajstić information content (AvgIpc) is 2.45. The number of carbonyl (C=O) groups is 2. The Bertz CT molecular complexity index is 527. The number of hydrogen-bond acceptors (Lipinski definition) is 4. The summed E-state index contributed by atoms with van der Waals surface area (Å²) < 4.78 is 10.1. The van der Waals surface area contributed by atoms with Crippen molar-refractivity contribution in [3.8, 4) is 0 Å². The van der Waals surface area contributed by atoms with Crippen LogP contribution in [0.4, 0.5) is 0 Å². The predicted molar refractivity (Wildman–Crippen MR) is 89.9 cm³/mol. The normalized spacial score (nSPS) is 11.9. The van der Waals surface area contributed by atoms with Crippen molar-refractivity contribution in [2.75, 3.05) is 13.7 Å². The SMILES string of the molecule is COC(=O)C(C)(C)c1ccc(C(=O)OCC[Si](C)(C)C)cc1. The standard InChI is InChI=1S/C17H26O4Si/c1-17(2,16(19)20-3)14-9-7-13(8-10-14)15(18)21-11-12-22(4,5)6/h7-10H,11-12H2,1-6H3. The van der Waals surface area contributed by atoms with Gasteiger partial charge in [0.1, 0.15) is 0 Å². The molecule has 0 fully saturated rings. The van der Waals surface area contributed by atoms with E-state index in [1.807, 2.05) is 0 Å². The molecule has 0 aromatic heterocycles. The maximum atomic E-state index is 12.0. The first kappa shape index (κ1) is 18.4. The van der Waals surface area contributed by atoms with Gasteiger partial charge in [0.15, 0.2) is 0 Å². The van der Waals surface area contributed by atoms with Crippen LogP contribution in [0.2, 0.25) is 25.7 Å². The Morgan fingerprint density at radius 1 is 1.09 bits per heavy atom. The number of rotatable bonds is 6. The van der Waals surface area contributed by atoms with Crippen LogP contribution in [-0.4, -0.2) is 33.7 Å². The van der Waals surface area contributed by atoms with Crippen LogP contribution in [0.3, 0.4) is 0 Å². The van der Waals surface area contributed by atoms with Gasteiger partial charge in [-0.05, 0) is 37.6 Å². The highest BCUT2D eigenvalue weighted by molar-refractivity contribution is 6.76. The zero-order valence-electron chi connectivity index (χ0n) is 14.4. The third-order valence-electron chi connectivity index (χ3n) is 3.62. The highest BCUT2D eigenvalue weighted by atomic mass is 28.3. The van der Waals surface area contributed by atoms with Gasteiger partial charge in [0.2, 0.25) is 0 Å². The number of ether oxygens (including phenoxy) is 2. The van der Waals surface area contributed by atoms with Crippen LogP contribution in [0.5, 0.6) is 0 Å². The maximum Gasteiger partial charge on any atom is 0.338 e. The summed E-state index contributed by atoms with van der Waals surface area (Å²) in [6.45, 7) is 10.8. The van der Waals surface area contributed by atoms with Gasteiger partial charge < -0.3 is 9.47 Å². The third kappa shape index (κ3) is 4.98. The minimum atomic E-state index is -1.20. The van der Waals surface area contributed by atoms with Crippen molar-refractivity contribution in [2.45, 2.75) is 44.9 Å². The fraction of sp³-hybridized carbons (Fsp3) is 0.529. The molecule has 0 radical (unpaired) electrons. The minimum Gasteiger partial charge on any atom is -0.468 e. The van der Waals surface area contributed by atoms with Crippen LogP contribution in [0, 0.1) is 0 Å². The number of carbonyl (C=O) groups excluding carboxylic acids is 2. The average molecular weight is 322 g/mol. The Kier molecular flexibility index (Phi) is 5.94. The number of esters is 2. The molecule has 0 saturated heterocycles. The first-order valence-electron chi connectivity index (χ1n) is 7.44. The summed E-state index contributed by atoms with van der Waals surface area (Å²) >= 11 is 0. The predicted octanol–water partition coefficient (Wildman–Crippen LogP) is 3.63. The molecule has 5 heteroatoms. The second-order valence-corrected chi connectivity index (χ2v) is 12.8. The van der Waals surface area contributed by atoms with Crippen LogP contribution < -0.4 is 0 Å². The van der Waals surface area contributed by atoms with E-state index in [1.54, 1.807) is 38.1 Å². The van der Waals surface area contributed by atoms with E-state index >= 15 is 0 Å². The Hall–Kier alpha value is -1.62. The fourth-order valence-corrected chi connectivity index (χ4v) is 2.64. The number of methoxy groups -OCH3 is 1. The molecule has 0 N–H and O–H groups in total. The summed E-state index contributed by atoms with van der Waals surface area (Å²) in [5.41, 5.74) is 0.563. The second kappa shape index (κ2) is 7.09. The molecular weight excluding hydrogens is 296 g/mol. The van der Waals surface area contributed by atoms with Gasteiger partial charge in [-0.25, -0.2) is 4.79 Å². The maximum absolute atomic E-state index is 12.0. The second-order valence-electron chi connectivity index (χ2n) is 7.14. The lowest BCUT2D eigenvalue weighted by atomic mass is 9.84. The lowest BCUT2D eigenvalue weighted by Gasteiger charge is -2.22. The van der Waals surface area contributed by atoms with Gasteiger partial charge in [0.05, 0.1) is 24.7 Å². The molecule has 122 valence electrons. The largest absolute Gasteiger partial charge is 0.468 e. The molecule has 0 aliphatic rings. The minimum absolute atomic E-state index is 0.307. The number of hydrogen-bond donors (Lipinski definition) is 0. The summed E-state index contributed by atoms with van der Waals surface area (Å²) in [6.07, 6.45) is 0. The van der Waals surface area contributed by atoms with Crippen molar-refractivity contribution < 1.29 is 19.1 Å². The van der Waals surface area contributed by atoms with Crippen molar-refractivity contribution in [3.63, 3.8) is 0 Å². The van der Waals surface area contributed by atoms with Crippen LogP contribution in [-0.2, 0) is 19.7 Å². The molecule has 22 heavy (non-hydrogen) atoms. The first-order valence-corrected chi connectivity index (χ1v) is 11.1. The molecule has 0 aliphatic heterocycles. The van der Waals surface area contributed by atoms with E-state index < -0.39 is 13.5 Å². The first-order chi connectivity index (χ1) is 10.1. The topological polar surface area (TPSA) is 52.6 Å². The molecule has 1 aromatic carbocycles. The van der Waals surface area contributed by atoms with Crippen molar-refractivity contribution in [1.82, 2.24) is 0 Å². The van der Waals surface area contributed by atoms with Crippen molar-refractivity contribution in [2.24, 2.45) is 0 Å². The zero-order valence-corrected chi connectivity index (χ0v) is 15.4. The Morgan fingerprint density at radius 3 is 2.09 bits per heavy atom. The molecule has 0 unspecified atom stereocenters. The lowest BCUT2D eigenvalue weighted by molar-refractivity contribution is -0.146. The van der Waals surface area contributed by atoms with Crippen LogP contribution in [0.1, 0.15) is 29.8 Å². The van der Waals surface area contributed by atoms with Gasteiger partial charge in [-0.2, -0.15) is 0 Å². The molecule has 1 aromatic rings. The van der Waals surface area contributed by atoms with Gasteiger partial charge in [-0.15, -0.1) is 0 Å². The third-order valence-corrected chi connectivity index (χ3v) is 5.33. The molecule has 1 rings (SSSR count). The summed E-state index contributed by atoms with van der Waals surface area (Å²) in [4.78, 5) is 23.8. The van der Waals surface area contributed by atoms with Gasteiger partial charge >= 0.3 is 11.9 Å². The highest BCUT2D eigenvalue weighted by Crippen LogP contribution is 2.25. The molecule has 0 heterocycles. The van der Waals surface area contributed by atoms with E-state index in [-0.39, 0.29) is 11.9 Å². The quantitative estimate of drug-likeness (QED) is 0.593. The molecule has 0 aliphatic carbocycles. The summed E-state index contributed by atoms with van der Waals surface area (Å²) in [6, 6.07) is 7.87. The molecule has 0 spiro atoms. The van der Waals surface area contributed by atoms with Crippen LogP contribution in [0.25, 0.3) is 0 Å². The van der Waals surface area contributed by atoms with Crippen LogP contribution in [0.15, 0.2) is 24.3 Å². The van der Waals surface area contributed by atoms with Crippen molar-refractivity contribution >= 4 is 20.0 Å². The van der Waals surface area contributed by atoms with Crippen molar-refractivity contribution in [1.29, 1.82) is 0 Å². The van der Waals surface area contributed by atoms with Gasteiger partial charge in [-0.3, -0.25) is 4.79 Å². The molecule has 0 amide bonds. The Balaban J connectivity index is 2.72. The summed E-state index contributed by atoms with van der Waals surface area (Å²) in [5, 5.41) is 0. The van der Waals surface area contributed by atoms with Gasteiger partial charge in [0, 0.05) is 8.07 Å². The molecular formula is C17H26O4Si. The molecule has 4 nitrogen and oxygen atoms in total. The summed E-state index contributed by atoms with van der Waals surface area (Å²) in [7, 11) is 0.165. The molecule has 0 atom stereocenters. The van der Waals surface area contributed by atoms with E-state index in [0.717, 1.165) is 11.6 Å². The highest BCUT2D eigenvalue weighted by Gasteiger charge is 2.30. The van der Waals surface area contributed by atoms with E-state index in [2.05, 4.69) is 19.6 Å². The molecule has 0 bridgehead atoms.